The van der Waals surface area contributed by atoms with Gasteiger partial charge in [-0.25, -0.2) is 9.59 Å². The molecule has 1 aromatic rings. The molecule has 2 N–H and O–H groups in total. The van der Waals surface area contributed by atoms with Crippen LogP contribution in [0, 0.1) is 6.92 Å². The van der Waals surface area contributed by atoms with E-state index in [0.717, 1.165) is 24.8 Å². The predicted octanol–water partition coefficient (Wildman–Crippen LogP) is 2.55. The Morgan fingerprint density at radius 3 is 2.52 bits per heavy atom. The number of carbonyl (C=O) groups is 3. The summed E-state index contributed by atoms with van der Waals surface area (Å²) in [6, 6.07) is 4.68. The highest BCUT2D eigenvalue weighted by atomic mass is 16.5. The van der Waals surface area contributed by atoms with Gasteiger partial charge in [0.15, 0.2) is 6.61 Å². The third kappa shape index (κ3) is 7.24. The van der Waals surface area contributed by atoms with Gasteiger partial charge in [-0.2, -0.15) is 0 Å². The van der Waals surface area contributed by atoms with Gasteiger partial charge in [-0.3, -0.25) is 4.79 Å². The number of aryl methyl sites for hydroxylation is 1. The summed E-state index contributed by atoms with van der Waals surface area (Å²) in [5.41, 5.74) is 1.41. The van der Waals surface area contributed by atoms with Crippen molar-refractivity contribution in [2.45, 2.75) is 33.1 Å². The molecule has 7 nitrogen and oxygen atoms in total. The Kier molecular flexibility index (Phi) is 8.46. The van der Waals surface area contributed by atoms with Gasteiger partial charge in [0.05, 0.1) is 11.3 Å². The second-order valence-corrected chi connectivity index (χ2v) is 6.01. The molecule has 25 heavy (non-hydrogen) atoms. The van der Waals surface area contributed by atoms with Crippen LogP contribution >= 0.6 is 0 Å². The van der Waals surface area contributed by atoms with Crippen molar-refractivity contribution in [2.24, 2.45) is 0 Å². The molecule has 7 heteroatoms. The molecule has 0 aromatic heterocycles. The average Bonchev–Trinajstić information content (AvgIpc) is 2.57. The Bertz CT molecular complexity index is 614. The second kappa shape index (κ2) is 10.3. The van der Waals surface area contributed by atoms with Crippen LogP contribution < -0.4 is 10.6 Å². The largest absolute Gasteiger partial charge is 0.452 e. The van der Waals surface area contributed by atoms with E-state index in [4.69, 9.17) is 4.74 Å². The zero-order valence-electron chi connectivity index (χ0n) is 15.3. The number of nitrogens with one attached hydrogen (secondary N) is 2. The SMILES string of the molecule is CCCCCNC(=O)COC(=O)c1cc(C)ccc1NC(=O)N(C)C. The van der Waals surface area contributed by atoms with Gasteiger partial charge >= 0.3 is 12.0 Å². The molecule has 3 amide bonds. The van der Waals surface area contributed by atoms with Gasteiger partial charge in [-0.15, -0.1) is 0 Å². The van der Waals surface area contributed by atoms with E-state index < -0.39 is 5.97 Å². The lowest BCUT2D eigenvalue weighted by atomic mass is 10.1. The van der Waals surface area contributed by atoms with Gasteiger partial charge in [0.1, 0.15) is 0 Å². The smallest absolute Gasteiger partial charge is 0.340 e. The van der Waals surface area contributed by atoms with Crippen molar-refractivity contribution in [3.8, 4) is 0 Å². The first-order valence-corrected chi connectivity index (χ1v) is 8.38. The number of carbonyl (C=O) groups excluding carboxylic acids is 3. The van der Waals surface area contributed by atoms with Crippen molar-refractivity contribution >= 4 is 23.6 Å². The van der Waals surface area contributed by atoms with Crippen molar-refractivity contribution in [2.75, 3.05) is 32.6 Å². The van der Waals surface area contributed by atoms with Crippen molar-refractivity contribution in [1.82, 2.24) is 10.2 Å². The van der Waals surface area contributed by atoms with Gasteiger partial charge in [0, 0.05) is 20.6 Å². The van der Waals surface area contributed by atoms with Crippen LogP contribution in [0.2, 0.25) is 0 Å². The number of rotatable bonds is 8. The van der Waals surface area contributed by atoms with Crippen molar-refractivity contribution in [3.63, 3.8) is 0 Å². The molecule has 0 atom stereocenters. The monoisotopic (exact) mass is 349 g/mol. The summed E-state index contributed by atoms with van der Waals surface area (Å²) in [5, 5.41) is 5.34. The van der Waals surface area contributed by atoms with E-state index in [2.05, 4.69) is 17.6 Å². The normalized spacial score (nSPS) is 10.1. The molecular formula is C18H27N3O4. The fourth-order valence-corrected chi connectivity index (χ4v) is 2.03. The Labute approximate surface area is 148 Å². The van der Waals surface area contributed by atoms with Gasteiger partial charge in [0.25, 0.3) is 5.91 Å². The molecule has 0 heterocycles. The maximum absolute atomic E-state index is 12.3. The van der Waals surface area contributed by atoms with Crippen LogP contribution in [-0.4, -0.2) is 50.1 Å². The van der Waals surface area contributed by atoms with Crippen LogP contribution in [0.1, 0.15) is 42.1 Å². The summed E-state index contributed by atoms with van der Waals surface area (Å²) >= 11 is 0. The molecule has 0 aliphatic carbocycles. The number of anilines is 1. The van der Waals surface area contributed by atoms with Crippen LogP contribution in [0.5, 0.6) is 0 Å². The molecule has 1 rings (SSSR count). The molecule has 0 aliphatic heterocycles. The van der Waals surface area contributed by atoms with Crippen LogP contribution in [-0.2, 0) is 9.53 Å². The van der Waals surface area contributed by atoms with Gasteiger partial charge < -0.3 is 20.3 Å². The highest BCUT2D eigenvalue weighted by Crippen LogP contribution is 2.19. The number of benzene rings is 1. The van der Waals surface area contributed by atoms with Crippen LogP contribution in [0.3, 0.4) is 0 Å². The van der Waals surface area contributed by atoms with Crippen molar-refractivity contribution in [3.05, 3.63) is 29.3 Å². The first-order valence-electron chi connectivity index (χ1n) is 8.38. The number of ether oxygens (including phenoxy) is 1. The summed E-state index contributed by atoms with van der Waals surface area (Å²) in [5.74, 6) is -0.988. The summed E-state index contributed by atoms with van der Waals surface area (Å²) in [4.78, 5) is 37.1. The van der Waals surface area contributed by atoms with Crippen LogP contribution in [0.25, 0.3) is 0 Å². The molecule has 1 aromatic carbocycles. The van der Waals surface area contributed by atoms with Crippen LogP contribution in [0.4, 0.5) is 10.5 Å². The first-order chi connectivity index (χ1) is 11.8. The second-order valence-electron chi connectivity index (χ2n) is 6.01. The highest BCUT2D eigenvalue weighted by molar-refractivity contribution is 6.01. The average molecular weight is 349 g/mol. The molecule has 0 saturated carbocycles. The zero-order valence-corrected chi connectivity index (χ0v) is 15.3. The molecule has 0 aliphatic rings. The van der Waals surface area contributed by atoms with E-state index in [9.17, 15) is 14.4 Å². The zero-order chi connectivity index (χ0) is 18.8. The molecule has 0 fully saturated rings. The number of nitrogens with zero attached hydrogens (tertiary/aromatic N) is 1. The standard InChI is InChI=1S/C18H27N3O4/c1-5-6-7-10-19-16(22)12-25-17(23)14-11-13(2)8-9-15(14)20-18(24)21(3)4/h8-9,11H,5-7,10,12H2,1-4H3,(H,19,22)(H,20,24). The number of esters is 1. The lowest BCUT2D eigenvalue weighted by Gasteiger charge is -2.15. The summed E-state index contributed by atoms with van der Waals surface area (Å²) < 4.78 is 5.07. The van der Waals surface area contributed by atoms with Gasteiger partial charge in [-0.05, 0) is 25.5 Å². The Hall–Kier alpha value is -2.57. The molecule has 0 spiro atoms. The third-order valence-corrected chi connectivity index (χ3v) is 3.48. The maximum atomic E-state index is 12.3. The predicted molar refractivity (Wildman–Crippen MR) is 96.7 cm³/mol. The molecule has 0 radical (unpaired) electrons. The number of unbranched alkanes of at least 4 members (excludes halogenated alkanes) is 2. The van der Waals surface area contributed by atoms with E-state index in [1.165, 1.54) is 4.90 Å². The summed E-state index contributed by atoms with van der Waals surface area (Å²) in [6.07, 6.45) is 3.01. The number of urea groups is 1. The minimum absolute atomic E-state index is 0.217. The Morgan fingerprint density at radius 1 is 1.16 bits per heavy atom. The Balaban J connectivity index is 2.66. The first kappa shape index (κ1) is 20.5. The minimum atomic E-state index is -0.651. The topological polar surface area (TPSA) is 87.7 Å². The molecule has 0 unspecified atom stereocenters. The highest BCUT2D eigenvalue weighted by Gasteiger charge is 2.17. The van der Waals surface area contributed by atoms with Crippen molar-refractivity contribution < 1.29 is 19.1 Å². The molecule has 0 saturated heterocycles. The van der Waals surface area contributed by atoms with Crippen molar-refractivity contribution in [1.29, 1.82) is 0 Å². The quantitative estimate of drug-likeness (QED) is 0.558. The fourth-order valence-electron chi connectivity index (χ4n) is 2.03. The van der Waals surface area contributed by atoms with E-state index in [1.807, 2.05) is 6.92 Å². The number of hydrogen-bond acceptors (Lipinski definition) is 4. The van der Waals surface area contributed by atoms with Crippen LogP contribution in [0.15, 0.2) is 18.2 Å². The van der Waals surface area contributed by atoms with Gasteiger partial charge in [-0.1, -0.05) is 31.4 Å². The van der Waals surface area contributed by atoms with Gasteiger partial charge in [0.2, 0.25) is 0 Å². The molecule has 0 bridgehead atoms. The lowest BCUT2D eigenvalue weighted by Crippen LogP contribution is -2.30. The fraction of sp³-hybridized carbons (Fsp3) is 0.500. The number of hydrogen-bond donors (Lipinski definition) is 2. The molecular weight excluding hydrogens is 322 g/mol. The Morgan fingerprint density at radius 2 is 1.88 bits per heavy atom. The lowest BCUT2D eigenvalue weighted by molar-refractivity contribution is -0.124. The maximum Gasteiger partial charge on any atom is 0.340 e. The summed E-state index contributed by atoms with van der Waals surface area (Å²) in [6.45, 7) is 4.13. The van der Waals surface area contributed by atoms with E-state index >= 15 is 0 Å². The minimum Gasteiger partial charge on any atom is -0.452 e. The van der Waals surface area contributed by atoms with E-state index in [0.29, 0.717) is 12.2 Å². The third-order valence-electron chi connectivity index (χ3n) is 3.48. The molecule has 138 valence electrons. The van der Waals surface area contributed by atoms with E-state index in [-0.39, 0.29) is 24.1 Å². The number of amides is 3. The van der Waals surface area contributed by atoms with E-state index in [1.54, 1.807) is 32.3 Å². The summed E-state index contributed by atoms with van der Waals surface area (Å²) in [7, 11) is 3.20.